The zero-order valence-corrected chi connectivity index (χ0v) is 22.3. The lowest BCUT2D eigenvalue weighted by Crippen LogP contribution is -2.58. The second-order valence-electron chi connectivity index (χ2n) is 10.8. The summed E-state index contributed by atoms with van der Waals surface area (Å²) < 4.78 is 0. The number of amides is 3. The largest absolute Gasteiger partial charge is 0.391 e. The molecular weight excluding hydrogens is 478 g/mol. The molecule has 4 rings (SSSR count). The van der Waals surface area contributed by atoms with Gasteiger partial charge in [-0.05, 0) is 30.4 Å². The molecule has 2 unspecified atom stereocenters. The minimum atomic E-state index is -1.10. The van der Waals surface area contributed by atoms with Crippen molar-refractivity contribution in [1.82, 2.24) is 20.5 Å². The third-order valence-electron chi connectivity index (χ3n) is 6.84. The fourth-order valence-corrected chi connectivity index (χ4v) is 5.59. The van der Waals surface area contributed by atoms with E-state index < -0.39 is 29.1 Å². The third kappa shape index (κ3) is 4.79. The first-order chi connectivity index (χ1) is 16.8. The van der Waals surface area contributed by atoms with Crippen molar-refractivity contribution in [2.24, 2.45) is 10.4 Å². The van der Waals surface area contributed by atoms with Crippen LogP contribution in [0.5, 0.6) is 0 Å². The Hall–Kier alpha value is -3.11. The Bertz CT molecular complexity index is 1220. The first kappa shape index (κ1) is 26.0. The predicted molar refractivity (Wildman–Crippen MR) is 138 cm³/mol. The van der Waals surface area contributed by atoms with Gasteiger partial charge in [-0.1, -0.05) is 45.0 Å². The summed E-state index contributed by atoms with van der Waals surface area (Å²) in [5.41, 5.74) is 2.89. The molecule has 0 bridgehead atoms. The molecular formula is C26H33N5O4S. The molecule has 3 amide bonds. The van der Waals surface area contributed by atoms with Crippen LogP contribution in [0.1, 0.15) is 52.3 Å². The number of thiazole rings is 1. The average Bonchev–Trinajstić information content (AvgIpc) is 3.48. The van der Waals surface area contributed by atoms with E-state index in [4.69, 9.17) is 0 Å². The number of nitrogens with one attached hydrogen (secondary N) is 2. The number of hydrogen-bond acceptors (Lipinski definition) is 7. The van der Waals surface area contributed by atoms with Crippen molar-refractivity contribution in [3.8, 4) is 10.4 Å². The standard InChI is InChI=1S/C26H33N5O4S/c1-14-20(36-13-27-14)16-7-9-17(10-8-16)26(6)24(35)29-22(30-26)19-11-18(33)12-31(19)23(34)21(25(3,4)5)28-15(2)32/h7-10,13,18-19,21,33H,11-12H2,1-6H3,(H,28,32)(H,29,30,35)/t18-,19+,21?,26?/m1/s1. The maximum atomic E-state index is 13.6. The number of aromatic nitrogens is 1. The highest BCUT2D eigenvalue weighted by molar-refractivity contribution is 7.13. The van der Waals surface area contributed by atoms with Crippen LogP contribution in [0.15, 0.2) is 34.8 Å². The number of carbonyl (C=O) groups is 3. The minimum Gasteiger partial charge on any atom is -0.391 e. The maximum absolute atomic E-state index is 13.6. The van der Waals surface area contributed by atoms with Gasteiger partial charge >= 0.3 is 0 Å². The number of likely N-dealkylation sites (tertiary alicyclic amines) is 1. The van der Waals surface area contributed by atoms with Crippen LogP contribution < -0.4 is 10.6 Å². The van der Waals surface area contributed by atoms with Gasteiger partial charge in [-0.15, -0.1) is 11.3 Å². The van der Waals surface area contributed by atoms with E-state index in [9.17, 15) is 19.5 Å². The second-order valence-corrected chi connectivity index (χ2v) is 11.6. The van der Waals surface area contributed by atoms with Crippen LogP contribution >= 0.6 is 11.3 Å². The molecule has 2 aromatic rings. The zero-order chi connectivity index (χ0) is 26.4. The van der Waals surface area contributed by atoms with E-state index in [2.05, 4.69) is 20.6 Å². The topological polar surface area (TPSA) is 124 Å². The fraction of sp³-hybridized carbons (Fsp3) is 0.500. The van der Waals surface area contributed by atoms with Gasteiger partial charge in [-0.3, -0.25) is 14.4 Å². The number of nitrogens with zero attached hydrogens (tertiary/aromatic N) is 3. The van der Waals surface area contributed by atoms with Crippen LogP contribution in [-0.2, 0) is 19.9 Å². The number of amidine groups is 1. The Balaban J connectivity index is 1.58. The number of rotatable bonds is 5. The number of carbonyl (C=O) groups excluding carboxylic acids is 3. The lowest BCUT2D eigenvalue weighted by Gasteiger charge is -2.36. The summed E-state index contributed by atoms with van der Waals surface area (Å²) in [5.74, 6) is -0.628. The maximum Gasteiger partial charge on any atom is 0.277 e. The van der Waals surface area contributed by atoms with E-state index in [0.29, 0.717) is 5.84 Å². The highest BCUT2D eigenvalue weighted by Gasteiger charge is 2.49. The fourth-order valence-electron chi connectivity index (χ4n) is 4.78. The van der Waals surface area contributed by atoms with Crippen LogP contribution in [-0.4, -0.2) is 63.3 Å². The van der Waals surface area contributed by atoms with Crippen LogP contribution in [0.25, 0.3) is 10.4 Å². The van der Waals surface area contributed by atoms with Crippen molar-refractivity contribution in [2.45, 2.75) is 71.7 Å². The van der Waals surface area contributed by atoms with Crippen LogP contribution in [0.4, 0.5) is 0 Å². The molecule has 10 heteroatoms. The lowest BCUT2D eigenvalue weighted by atomic mass is 9.85. The van der Waals surface area contributed by atoms with Gasteiger partial charge in [0.1, 0.15) is 17.4 Å². The Morgan fingerprint density at radius 2 is 1.94 bits per heavy atom. The average molecular weight is 512 g/mol. The molecule has 0 saturated carbocycles. The Labute approximate surface area is 215 Å². The van der Waals surface area contributed by atoms with Gasteiger partial charge in [0.05, 0.1) is 28.2 Å². The molecule has 0 radical (unpaired) electrons. The summed E-state index contributed by atoms with van der Waals surface area (Å²) in [4.78, 5) is 49.7. The molecule has 9 nitrogen and oxygen atoms in total. The van der Waals surface area contributed by atoms with Crippen LogP contribution in [0.2, 0.25) is 0 Å². The molecule has 1 aromatic heterocycles. The van der Waals surface area contributed by atoms with E-state index in [1.165, 1.54) is 11.8 Å². The molecule has 192 valence electrons. The quantitative estimate of drug-likeness (QED) is 0.566. The Morgan fingerprint density at radius 3 is 2.50 bits per heavy atom. The summed E-state index contributed by atoms with van der Waals surface area (Å²) in [7, 11) is 0. The summed E-state index contributed by atoms with van der Waals surface area (Å²) in [6.45, 7) is 10.8. The summed E-state index contributed by atoms with van der Waals surface area (Å²) in [5, 5.41) is 16.5. The van der Waals surface area contributed by atoms with Gasteiger partial charge in [0, 0.05) is 19.9 Å². The zero-order valence-electron chi connectivity index (χ0n) is 21.5. The van der Waals surface area contributed by atoms with Gasteiger partial charge in [0.15, 0.2) is 0 Å². The van der Waals surface area contributed by atoms with Crippen molar-refractivity contribution in [1.29, 1.82) is 0 Å². The normalized spacial score (nSPS) is 24.9. The van der Waals surface area contributed by atoms with Gasteiger partial charge < -0.3 is 20.6 Å². The molecule has 36 heavy (non-hydrogen) atoms. The predicted octanol–water partition coefficient (Wildman–Crippen LogP) is 2.37. The molecule has 1 fully saturated rings. The Kier molecular flexibility index (Phi) is 6.78. The number of β-amino-alcohol motifs (C(OH)–C–C–N with tert-alkyl or cyclic N) is 1. The number of aliphatic imine (C=N–C) groups is 1. The van der Waals surface area contributed by atoms with E-state index in [1.807, 2.05) is 52.0 Å². The van der Waals surface area contributed by atoms with E-state index in [0.717, 1.165) is 21.7 Å². The van der Waals surface area contributed by atoms with Gasteiger partial charge in [0.25, 0.3) is 5.91 Å². The van der Waals surface area contributed by atoms with Gasteiger partial charge in [0.2, 0.25) is 11.8 Å². The lowest BCUT2D eigenvalue weighted by molar-refractivity contribution is -0.139. The number of aryl methyl sites for hydroxylation is 1. The van der Waals surface area contributed by atoms with Crippen LogP contribution in [0, 0.1) is 12.3 Å². The second kappa shape index (κ2) is 9.40. The van der Waals surface area contributed by atoms with Crippen molar-refractivity contribution >= 4 is 34.9 Å². The molecule has 3 heterocycles. The molecule has 4 atom stereocenters. The van der Waals surface area contributed by atoms with Crippen molar-refractivity contribution in [3.63, 3.8) is 0 Å². The number of benzene rings is 1. The molecule has 3 N–H and O–H groups in total. The SMILES string of the molecule is CC(=O)NC(C(=O)N1C[C@H](O)C[C@H]1C1=NC(=O)C(C)(c2ccc(-c3scnc3C)cc2)N1)C(C)(C)C. The monoisotopic (exact) mass is 511 g/mol. The molecule has 2 aliphatic rings. The third-order valence-corrected chi connectivity index (χ3v) is 7.81. The Morgan fingerprint density at radius 1 is 1.28 bits per heavy atom. The van der Waals surface area contributed by atoms with Crippen LogP contribution in [0.3, 0.4) is 0 Å². The molecule has 0 spiro atoms. The first-order valence-corrected chi connectivity index (χ1v) is 12.9. The smallest absolute Gasteiger partial charge is 0.277 e. The summed E-state index contributed by atoms with van der Waals surface area (Å²) in [6.07, 6.45) is -0.508. The molecule has 1 aromatic carbocycles. The van der Waals surface area contributed by atoms with Gasteiger partial charge in [-0.25, -0.2) is 4.98 Å². The highest BCUT2D eigenvalue weighted by atomic mass is 32.1. The summed E-state index contributed by atoms with van der Waals surface area (Å²) in [6, 6.07) is 6.34. The van der Waals surface area contributed by atoms with Crippen molar-refractivity contribution < 1.29 is 19.5 Å². The van der Waals surface area contributed by atoms with E-state index >= 15 is 0 Å². The van der Waals surface area contributed by atoms with Crippen molar-refractivity contribution in [3.05, 3.63) is 41.0 Å². The summed E-state index contributed by atoms with van der Waals surface area (Å²) >= 11 is 1.56. The number of hydrogen-bond donors (Lipinski definition) is 3. The number of aliphatic hydroxyl groups excluding tert-OH is 1. The van der Waals surface area contributed by atoms with Gasteiger partial charge in [-0.2, -0.15) is 4.99 Å². The minimum absolute atomic E-state index is 0.101. The van der Waals surface area contributed by atoms with E-state index in [-0.39, 0.29) is 30.7 Å². The first-order valence-electron chi connectivity index (χ1n) is 12.0. The van der Waals surface area contributed by atoms with Crippen molar-refractivity contribution in [2.75, 3.05) is 6.54 Å². The molecule has 0 aliphatic carbocycles. The number of aliphatic hydroxyl groups is 1. The van der Waals surface area contributed by atoms with E-state index in [1.54, 1.807) is 23.8 Å². The molecule has 2 aliphatic heterocycles. The molecule has 1 saturated heterocycles. The highest BCUT2D eigenvalue weighted by Crippen LogP contribution is 2.34.